The van der Waals surface area contributed by atoms with Crippen LogP contribution in [0.5, 0.6) is 5.75 Å². The minimum Gasteiger partial charge on any atom is -0.497 e. The summed E-state index contributed by atoms with van der Waals surface area (Å²) in [5, 5.41) is 10.8. The summed E-state index contributed by atoms with van der Waals surface area (Å²) in [5.41, 5.74) is 0.636. The van der Waals surface area contributed by atoms with Crippen LogP contribution in [0.25, 0.3) is 0 Å². The molecule has 1 aliphatic carbocycles. The highest BCUT2D eigenvalue weighted by atomic mass is 79.9. The van der Waals surface area contributed by atoms with Gasteiger partial charge in [-0.25, -0.2) is 0 Å². The van der Waals surface area contributed by atoms with Crippen LogP contribution in [-0.2, 0) is 11.2 Å². The van der Waals surface area contributed by atoms with Gasteiger partial charge in [0.05, 0.1) is 18.8 Å². The van der Waals surface area contributed by atoms with E-state index >= 15 is 0 Å². The second kappa shape index (κ2) is 7.12. The van der Waals surface area contributed by atoms with Gasteiger partial charge in [-0.15, -0.1) is 0 Å². The first-order valence-corrected chi connectivity index (χ1v) is 8.35. The van der Waals surface area contributed by atoms with Crippen molar-refractivity contribution in [2.24, 2.45) is 5.92 Å². The molecule has 0 aliphatic heterocycles. The SMILES string of the molecule is COc1ccc(Br)c(CC(O)C2(OC)CCCC(C)C2)c1. The van der Waals surface area contributed by atoms with Crippen molar-refractivity contribution in [2.45, 2.75) is 50.7 Å². The topological polar surface area (TPSA) is 38.7 Å². The van der Waals surface area contributed by atoms with Crippen molar-refractivity contribution in [1.82, 2.24) is 0 Å². The Kier molecular flexibility index (Phi) is 5.69. The molecule has 0 radical (unpaired) electrons. The van der Waals surface area contributed by atoms with Crippen LogP contribution in [0, 0.1) is 5.92 Å². The van der Waals surface area contributed by atoms with Gasteiger partial charge in [-0.3, -0.25) is 0 Å². The Morgan fingerprint density at radius 1 is 1.43 bits per heavy atom. The first kappa shape index (κ1) is 16.8. The van der Waals surface area contributed by atoms with Gasteiger partial charge in [0.15, 0.2) is 0 Å². The van der Waals surface area contributed by atoms with E-state index in [1.165, 1.54) is 6.42 Å². The van der Waals surface area contributed by atoms with Crippen LogP contribution >= 0.6 is 15.9 Å². The van der Waals surface area contributed by atoms with Crippen molar-refractivity contribution in [3.05, 3.63) is 28.2 Å². The fourth-order valence-corrected chi connectivity index (χ4v) is 3.81. The molecule has 21 heavy (non-hydrogen) atoms. The molecule has 3 nitrogen and oxygen atoms in total. The molecule has 1 N–H and O–H groups in total. The van der Waals surface area contributed by atoms with Gasteiger partial charge in [-0.05, 0) is 42.5 Å². The number of halogens is 1. The molecule has 1 saturated carbocycles. The summed E-state index contributed by atoms with van der Waals surface area (Å²) in [5.74, 6) is 1.41. The van der Waals surface area contributed by atoms with Crippen LogP contribution in [-0.4, -0.2) is 31.0 Å². The van der Waals surface area contributed by atoms with Crippen molar-refractivity contribution in [1.29, 1.82) is 0 Å². The highest BCUT2D eigenvalue weighted by Gasteiger charge is 2.41. The third kappa shape index (κ3) is 3.79. The van der Waals surface area contributed by atoms with Crippen LogP contribution in [0.1, 0.15) is 38.2 Å². The predicted octanol–water partition coefficient (Wildman–Crippen LogP) is 3.96. The molecule has 1 fully saturated rings. The molecule has 1 aromatic rings. The zero-order chi connectivity index (χ0) is 15.5. The molecule has 1 aliphatic rings. The lowest BCUT2D eigenvalue weighted by Gasteiger charge is -2.42. The normalized spacial score (nSPS) is 27.4. The Morgan fingerprint density at radius 3 is 2.81 bits per heavy atom. The fourth-order valence-electron chi connectivity index (χ4n) is 3.40. The first-order chi connectivity index (χ1) is 10.0. The Balaban J connectivity index is 2.17. The van der Waals surface area contributed by atoms with Crippen LogP contribution in [0.2, 0.25) is 0 Å². The van der Waals surface area contributed by atoms with E-state index in [1.54, 1.807) is 14.2 Å². The Morgan fingerprint density at radius 2 is 2.19 bits per heavy atom. The maximum Gasteiger partial charge on any atom is 0.119 e. The lowest BCUT2D eigenvalue weighted by molar-refractivity contribution is -0.131. The molecule has 2 rings (SSSR count). The quantitative estimate of drug-likeness (QED) is 0.867. The average Bonchev–Trinajstić information content (AvgIpc) is 2.49. The molecular formula is C17H25BrO3. The molecule has 0 spiro atoms. The summed E-state index contributed by atoms with van der Waals surface area (Å²) < 4.78 is 12.1. The van der Waals surface area contributed by atoms with E-state index in [-0.39, 0.29) is 0 Å². The molecule has 0 bridgehead atoms. The molecule has 4 heteroatoms. The van der Waals surface area contributed by atoms with Gasteiger partial charge in [0.25, 0.3) is 0 Å². The van der Waals surface area contributed by atoms with Crippen molar-refractivity contribution >= 4 is 15.9 Å². The second-order valence-electron chi connectivity index (χ2n) is 6.15. The molecule has 118 valence electrons. The first-order valence-electron chi connectivity index (χ1n) is 7.56. The van der Waals surface area contributed by atoms with E-state index in [1.807, 2.05) is 18.2 Å². The van der Waals surface area contributed by atoms with Crippen molar-refractivity contribution in [3.8, 4) is 5.75 Å². The third-order valence-electron chi connectivity index (χ3n) is 4.67. The van der Waals surface area contributed by atoms with Crippen LogP contribution in [0.15, 0.2) is 22.7 Å². The number of aliphatic hydroxyl groups is 1. The van der Waals surface area contributed by atoms with Gasteiger partial charge >= 0.3 is 0 Å². The van der Waals surface area contributed by atoms with Crippen molar-refractivity contribution in [3.63, 3.8) is 0 Å². The maximum atomic E-state index is 10.8. The van der Waals surface area contributed by atoms with Gasteiger partial charge in [-0.2, -0.15) is 0 Å². The third-order valence-corrected chi connectivity index (χ3v) is 5.44. The van der Waals surface area contributed by atoms with Crippen LogP contribution < -0.4 is 4.74 Å². The number of aliphatic hydroxyl groups excluding tert-OH is 1. The summed E-state index contributed by atoms with van der Waals surface area (Å²) >= 11 is 3.56. The van der Waals surface area contributed by atoms with E-state index in [4.69, 9.17) is 9.47 Å². The number of methoxy groups -OCH3 is 2. The molecule has 0 amide bonds. The molecule has 0 aromatic heterocycles. The summed E-state index contributed by atoms with van der Waals surface area (Å²) in [7, 11) is 3.38. The maximum absolute atomic E-state index is 10.8. The zero-order valence-corrected chi connectivity index (χ0v) is 14.6. The number of hydrogen-bond acceptors (Lipinski definition) is 3. The average molecular weight is 357 g/mol. The van der Waals surface area contributed by atoms with E-state index in [2.05, 4.69) is 22.9 Å². The van der Waals surface area contributed by atoms with E-state index in [0.717, 1.165) is 35.0 Å². The zero-order valence-electron chi connectivity index (χ0n) is 13.1. The Bertz CT molecular complexity index is 477. The van der Waals surface area contributed by atoms with Crippen molar-refractivity contribution < 1.29 is 14.6 Å². The smallest absolute Gasteiger partial charge is 0.119 e. The van der Waals surface area contributed by atoms with Crippen LogP contribution in [0.3, 0.4) is 0 Å². The lowest BCUT2D eigenvalue weighted by Crippen LogP contribution is -2.48. The molecule has 0 heterocycles. The number of hydrogen-bond donors (Lipinski definition) is 1. The number of benzene rings is 1. The van der Waals surface area contributed by atoms with E-state index < -0.39 is 11.7 Å². The van der Waals surface area contributed by atoms with Crippen molar-refractivity contribution in [2.75, 3.05) is 14.2 Å². The van der Waals surface area contributed by atoms with E-state index in [0.29, 0.717) is 12.3 Å². The summed E-state index contributed by atoms with van der Waals surface area (Å²) in [6.07, 6.45) is 4.25. The molecule has 1 aromatic carbocycles. The molecular weight excluding hydrogens is 332 g/mol. The lowest BCUT2D eigenvalue weighted by atomic mass is 9.74. The molecule has 0 saturated heterocycles. The van der Waals surface area contributed by atoms with Gasteiger partial charge < -0.3 is 14.6 Å². The fraction of sp³-hybridized carbons (Fsp3) is 0.647. The standard InChI is InChI=1S/C17H25BrO3/c1-12-5-4-8-17(11-12,21-3)16(19)10-13-9-14(20-2)6-7-15(13)18/h6-7,9,12,16,19H,4-5,8,10-11H2,1-3H3. The molecule has 3 unspecified atom stereocenters. The summed E-state index contributed by atoms with van der Waals surface area (Å²) in [6.45, 7) is 2.24. The largest absolute Gasteiger partial charge is 0.497 e. The molecule has 3 atom stereocenters. The Hall–Kier alpha value is -0.580. The van der Waals surface area contributed by atoms with Gasteiger partial charge in [0.1, 0.15) is 5.75 Å². The monoisotopic (exact) mass is 356 g/mol. The van der Waals surface area contributed by atoms with Gasteiger partial charge in [0, 0.05) is 18.0 Å². The summed E-state index contributed by atoms with van der Waals surface area (Å²) in [4.78, 5) is 0. The minimum atomic E-state index is -0.506. The minimum absolute atomic E-state index is 0.416. The predicted molar refractivity (Wildman–Crippen MR) is 87.8 cm³/mol. The van der Waals surface area contributed by atoms with E-state index in [9.17, 15) is 5.11 Å². The van der Waals surface area contributed by atoms with Crippen LogP contribution in [0.4, 0.5) is 0 Å². The number of rotatable bonds is 5. The highest BCUT2D eigenvalue weighted by molar-refractivity contribution is 9.10. The second-order valence-corrected chi connectivity index (χ2v) is 7.00. The Labute approximate surface area is 135 Å². The summed E-state index contributed by atoms with van der Waals surface area (Å²) in [6, 6.07) is 5.85. The number of ether oxygens (including phenoxy) is 2. The van der Waals surface area contributed by atoms with Gasteiger partial charge in [0.2, 0.25) is 0 Å². The van der Waals surface area contributed by atoms with Gasteiger partial charge in [-0.1, -0.05) is 35.7 Å². The highest BCUT2D eigenvalue weighted by Crippen LogP contribution is 2.39.